The fourth-order valence-electron chi connectivity index (χ4n) is 7.20. The Labute approximate surface area is 236 Å². The van der Waals surface area contributed by atoms with Crippen LogP contribution in [0.15, 0.2) is 29.3 Å². The fraction of sp³-hybridized carbons (Fsp3) is 0.594. The van der Waals surface area contributed by atoms with Crippen LogP contribution in [0, 0.1) is 0 Å². The van der Waals surface area contributed by atoms with Crippen molar-refractivity contribution in [3.05, 3.63) is 45.8 Å². The van der Waals surface area contributed by atoms with E-state index in [2.05, 4.69) is 4.90 Å². The van der Waals surface area contributed by atoms with Crippen molar-refractivity contribution in [1.29, 1.82) is 0 Å². The van der Waals surface area contributed by atoms with Crippen LogP contribution in [-0.4, -0.2) is 54.7 Å². The second kappa shape index (κ2) is 11.8. The Kier molecular flexibility index (Phi) is 8.05. The highest BCUT2D eigenvalue weighted by Gasteiger charge is 2.37. The number of ether oxygens (including phenoxy) is 1. The van der Waals surface area contributed by atoms with Gasteiger partial charge in [0.2, 0.25) is 11.8 Å². The summed E-state index contributed by atoms with van der Waals surface area (Å²) in [7, 11) is 1.67. The lowest BCUT2D eigenvalue weighted by Crippen LogP contribution is -2.53. The van der Waals surface area contributed by atoms with Crippen molar-refractivity contribution in [1.82, 2.24) is 4.90 Å². The summed E-state index contributed by atoms with van der Waals surface area (Å²) in [4.78, 5) is 38.2. The molecule has 0 N–H and O–H groups in total. The minimum atomic E-state index is -0.0704. The average Bonchev–Trinajstić information content (AvgIpc) is 3.30. The Morgan fingerprint density at radius 3 is 2.23 bits per heavy atom. The predicted octanol–water partition coefficient (Wildman–Crippen LogP) is 6.31. The third-order valence-corrected chi connectivity index (χ3v) is 10.5. The van der Waals surface area contributed by atoms with E-state index < -0.39 is 0 Å². The zero-order valence-corrected chi connectivity index (χ0v) is 24.1. The number of rotatable bonds is 6. The summed E-state index contributed by atoms with van der Waals surface area (Å²) in [6, 6.07) is 8.62. The maximum atomic E-state index is 14.2. The molecule has 6 nitrogen and oxygen atoms in total. The number of nitrogens with zero attached hydrogens (tertiary/aromatic N) is 3. The summed E-state index contributed by atoms with van der Waals surface area (Å²) < 4.78 is 5.38. The second-order valence-corrected chi connectivity index (χ2v) is 12.7. The predicted molar refractivity (Wildman–Crippen MR) is 157 cm³/mol. The molecule has 3 aliphatic carbocycles. The van der Waals surface area contributed by atoms with E-state index in [0.29, 0.717) is 12.1 Å². The minimum absolute atomic E-state index is 0.0671. The number of carbonyl (C=O) groups excluding carboxylic acids is 2. The highest BCUT2D eigenvalue weighted by Crippen LogP contribution is 2.43. The first kappa shape index (κ1) is 26.5. The Hall–Kier alpha value is -2.67. The summed E-state index contributed by atoms with van der Waals surface area (Å²) in [5, 5.41) is 0.930. The number of amides is 2. The van der Waals surface area contributed by atoms with Gasteiger partial charge in [-0.1, -0.05) is 38.5 Å². The van der Waals surface area contributed by atoms with Crippen molar-refractivity contribution < 1.29 is 14.3 Å². The minimum Gasteiger partial charge on any atom is -0.497 e. The number of fused-ring (bicyclic) bond motifs is 3. The number of thiophene rings is 1. The molecule has 1 aromatic carbocycles. The third-order valence-electron chi connectivity index (χ3n) is 9.19. The highest BCUT2D eigenvalue weighted by molar-refractivity contribution is 7.17. The van der Waals surface area contributed by atoms with E-state index in [1.54, 1.807) is 23.3 Å². The molecule has 0 spiro atoms. The molecule has 2 aromatic rings. The summed E-state index contributed by atoms with van der Waals surface area (Å²) >= 11 is 1.72. The lowest BCUT2D eigenvalue weighted by molar-refractivity contribution is -0.137. The van der Waals surface area contributed by atoms with E-state index in [0.717, 1.165) is 72.5 Å². The number of benzene rings is 1. The zero-order valence-electron chi connectivity index (χ0n) is 23.3. The molecule has 2 fully saturated rings. The number of hydrogen-bond acceptors (Lipinski definition) is 5. The highest BCUT2D eigenvalue weighted by atomic mass is 32.1. The number of anilines is 1. The molecule has 1 aliphatic heterocycles. The van der Waals surface area contributed by atoms with Crippen LogP contribution in [0.1, 0.15) is 98.6 Å². The van der Waals surface area contributed by atoms with Crippen LogP contribution >= 0.6 is 11.3 Å². The second-order valence-electron chi connectivity index (χ2n) is 11.6. The first-order chi connectivity index (χ1) is 19.1. The smallest absolute Gasteiger partial charge is 0.249 e. The van der Waals surface area contributed by atoms with Crippen molar-refractivity contribution in [2.24, 2.45) is 4.99 Å². The van der Waals surface area contributed by atoms with Gasteiger partial charge >= 0.3 is 0 Å². The monoisotopic (exact) mass is 547 g/mol. The van der Waals surface area contributed by atoms with Crippen LogP contribution in [0.3, 0.4) is 0 Å². The van der Waals surface area contributed by atoms with Gasteiger partial charge in [-0.25, -0.2) is 0 Å². The van der Waals surface area contributed by atoms with E-state index in [9.17, 15) is 9.59 Å². The molecule has 0 bridgehead atoms. The van der Waals surface area contributed by atoms with E-state index in [4.69, 9.17) is 9.73 Å². The molecule has 2 amide bonds. The quantitative estimate of drug-likeness (QED) is 0.426. The van der Waals surface area contributed by atoms with Gasteiger partial charge < -0.3 is 9.64 Å². The van der Waals surface area contributed by atoms with Crippen molar-refractivity contribution in [3.8, 4) is 5.75 Å². The maximum absolute atomic E-state index is 14.2. The Bertz CT molecular complexity index is 1200. The average molecular weight is 548 g/mol. The molecule has 1 aromatic heterocycles. The van der Waals surface area contributed by atoms with Gasteiger partial charge in [-0.2, -0.15) is 0 Å². The molecule has 4 aliphatic rings. The van der Waals surface area contributed by atoms with Gasteiger partial charge in [-0.05, 0) is 81.2 Å². The largest absolute Gasteiger partial charge is 0.497 e. The SMILES string of the molecule is COc1ccc(C2=NCC(=O)N(CC(=O)N(C3CCCCC3)C3CCCCC3)c3sc4c(c32)CCCC4)cc1. The lowest BCUT2D eigenvalue weighted by atomic mass is 9.88. The molecular formula is C32H41N3O3S. The van der Waals surface area contributed by atoms with Gasteiger partial charge in [-0.3, -0.25) is 19.5 Å². The van der Waals surface area contributed by atoms with Crippen LogP contribution in [0.2, 0.25) is 0 Å². The molecule has 0 unspecified atom stereocenters. The first-order valence-corrected chi connectivity index (χ1v) is 15.9. The molecule has 0 radical (unpaired) electrons. The number of hydrogen-bond donors (Lipinski definition) is 0. The zero-order chi connectivity index (χ0) is 26.8. The van der Waals surface area contributed by atoms with Crippen LogP contribution in [0.5, 0.6) is 5.75 Å². The van der Waals surface area contributed by atoms with Gasteiger partial charge in [0.15, 0.2) is 0 Å². The van der Waals surface area contributed by atoms with Gasteiger partial charge in [0.25, 0.3) is 0 Å². The maximum Gasteiger partial charge on any atom is 0.249 e. The van der Waals surface area contributed by atoms with E-state index in [1.165, 1.54) is 55.4 Å². The summed E-state index contributed by atoms with van der Waals surface area (Å²) in [5.41, 5.74) is 4.29. The Morgan fingerprint density at radius 2 is 1.59 bits per heavy atom. The third kappa shape index (κ3) is 5.39. The summed E-state index contributed by atoms with van der Waals surface area (Å²) in [6.45, 7) is 0.196. The molecule has 39 heavy (non-hydrogen) atoms. The van der Waals surface area contributed by atoms with Crippen LogP contribution < -0.4 is 9.64 Å². The lowest BCUT2D eigenvalue weighted by Gasteiger charge is -2.42. The van der Waals surface area contributed by atoms with Crippen LogP contribution in [0.4, 0.5) is 5.00 Å². The molecule has 7 heteroatoms. The van der Waals surface area contributed by atoms with Crippen LogP contribution in [0.25, 0.3) is 0 Å². The number of methoxy groups -OCH3 is 1. The van der Waals surface area contributed by atoms with E-state index >= 15 is 0 Å². The number of aryl methyl sites for hydroxylation is 1. The molecule has 2 saturated carbocycles. The fourth-order valence-corrected chi connectivity index (χ4v) is 8.60. The van der Waals surface area contributed by atoms with Crippen molar-refractivity contribution in [2.75, 3.05) is 25.1 Å². The van der Waals surface area contributed by atoms with Crippen molar-refractivity contribution >= 4 is 33.9 Å². The van der Waals surface area contributed by atoms with E-state index in [-0.39, 0.29) is 24.9 Å². The van der Waals surface area contributed by atoms with Gasteiger partial charge in [0.05, 0.1) is 12.8 Å². The van der Waals surface area contributed by atoms with Crippen LogP contribution in [-0.2, 0) is 22.4 Å². The first-order valence-electron chi connectivity index (χ1n) is 15.1. The molecule has 0 atom stereocenters. The standard InChI is InChI=1S/C32H41N3O3S/c1-38-25-18-16-22(17-19-25)31-30-26-14-8-9-15-27(26)39-32(30)34(28(36)20-33-31)21-29(37)35(23-10-4-2-5-11-23)24-12-6-3-7-13-24/h16-19,23-24H,2-15,20-21H2,1H3. The summed E-state index contributed by atoms with van der Waals surface area (Å²) in [5.74, 6) is 0.862. The van der Waals surface area contributed by atoms with Gasteiger partial charge in [-0.15, -0.1) is 11.3 Å². The summed E-state index contributed by atoms with van der Waals surface area (Å²) in [6.07, 6.45) is 16.1. The van der Waals surface area contributed by atoms with Gasteiger partial charge in [0, 0.05) is 28.1 Å². The van der Waals surface area contributed by atoms with Crippen molar-refractivity contribution in [3.63, 3.8) is 0 Å². The molecule has 6 rings (SSSR count). The van der Waals surface area contributed by atoms with E-state index in [1.807, 2.05) is 24.3 Å². The number of carbonyl (C=O) groups is 2. The number of aliphatic imine (C=N–C) groups is 1. The van der Waals surface area contributed by atoms with Crippen molar-refractivity contribution in [2.45, 2.75) is 102 Å². The Balaban J connectivity index is 1.36. The molecular weight excluding hydrogens is 506 g/mol. The van der Waals surface area contributed by atoms with Gasteiger partial charge in [0.1, 0.15) is 23.8 Å². The topological polar surface area (TPSA) is 62.2 Å². The Morgan fingerprint density at radius 1 is 0.949 bits per heavy atom. The normalized spacial score (nSPS) is 20.6. The molecule has 0 saturated heterocycles. The molecule has 208 valence electrons. The molecule has 2 heterocycles.